The van der Waals surface area contributed by atoms with E-state index in [0.29, 0.717) is 22.0 Å². The molecule has 0 unspecified atom stereocenters. The molecule has 0 aromatic heterocycles. The van der Waals surface area contributed by atoms with Crippen LogP contribution in [0.15, 0.2) is 75.6 Å². The number of rotatable bonds is 9. The molecule has 0 heterocycles. The molecule has 3 rings (SSSR count). The summed E-state index contributed by atoms with van der Waals surface area (Å²) in [5.74, 6) is 0.0220. The van der Waals surface area contributed by atoms with Gasteiger partial charge in [-0.2, -0.15) is 13.7 Å². The Bertz CT molecular complexity index is 1430. The minimum atomic E-state index is -4.20. The number of nitriles is 1. The maximum atomic E-state index is 12.8. The fraction of sp³-hybridized carbons (Fsp3) is 0.120. The lowest BCUT2D eigenvalue weighted by atomic mass is 10.1. The van der Waals surface area contributed by atoms with Gasteiger partial charge in [-0.15, -0.1) is 0 Å². The van der Waals surface area contributed by atoms with Crippen LogP contribution in [0.3, 0.4) is 0 Å². The number of methoxy groups -OCH3 is 1. The SMILES string of the molecule is CCOc1cc(/C=C(\C#N)C(=O)Nc2ccc(OC)cc2)cc(Br)c1OS(=O)(=O)c1ccc(Cl)cc1. The second kappa shape index (κ2) is 11.9. The van der Waals surface area contributed by atoms with E-state index in [2.05, 4.69) is 21.2 Å². The number of anilines is 1. The van der Waals surface area contributed by atoms with E-state index in [1.54, 1.807) is 31.2 Å². The number of nitrogens with one attached hydrogen (secondary N) is 1. The van der Waals surface area contributed by atoms with E-state index < -0.39 is 16.0 Å². The molecule has 0 radical (unpaired) electrons. The van der Waals surface area contributed by atoms with Crippen molar-refractivity contribution in [2.24, 2.45) is 0 Å². The highest BCUT2D eigenvalue weighted by molar-refractivity contribution is 9.10. The summed E-state index contributed by atoms with van der Waals surface area (Å²) in [6.45, 7) is 1.93. The summed E-state index contributed by atoms with van der Waals surface area (Å²) in [6, 6.07) is 17.0. The van der Waals surface area contributed by atoms with Crippen LogP contribution in [0.25, 0.3) is 6.08 Å². The number of benzene rings is 3. The lowest BCUT2D eigenvalue weighted by Crippen LogP contribution is -2.13. The van der Waals surface area contributed by atoms with Crippen LogP contribution >= 0.6 is 27.5 Å². The highest BCUT2D eigenvalue weighted by Gasteiger charge is 2.22. The Kier molecular flexibility index (Phi) is 8.98. The summed E-state index contributed by atoms with van der Waals surface area (Å²) in [5.41, 5.74) is 0.708. The zero-order valence-electron chi connectivity index (χ0n) is 19.1. The third kappa shape index (κ3) is 6.79. The van der Waals surface area contributed by atoms with E-state index >= 15 is 0 Å². The van der Waals surface area contributed by atoms with E-state index in [0.717, 1.165) is 0 Å². The number of ether oxygens (including phenoxy) is 2. The second-order valence-electron chi connectivity index (χ2n) is 7.11. The Hall–Kier alpha value is -3.52. The van der Waals surface area contributed by atoms with Crippen LogP contribution in [0.5, 0.6) is 17.2 Å². The molecule has 1 N–H and O–H groups in total. The van der Waals surface area contributed by atoms with Crippen molar-refractivity contribution in [1.29, 1.82) is 5.26 Å². The van der Waals surface area contributed by atoms with Crippen LogP contribution in [-0.4, -0.2) is 28.0 Å². The van der Waals surface area contributed by atoms with Crippen LogP contribution in [0.2, 0.25) is 5.02 Å². The van der Waals surface area contributed by atoms with Crippen LogP contribution in [0.4, 0.5) is 5.69 Å². The molecule has 0 saturated heterocycles. The number of carbonyl (C=O) groups excluding carboxylic acids is 1. The van der Waals surface area contributed by atoms with Gasteiger partial charge in [0.1, 0.15) is 22.3 Å². The summed E-state index contributed by atoms with van der Waals surface area (Å²) >= 11 is 9.15. The minimum Gasteiger partial charge on any atom is -0.497 e. The van der Waals surface area contributed by atoms with E-state index in [1.807, 2.05) is 6.07 Å². The molecule has 11 heteroatoms. The molecule has 3 aromatic carbocycles. The Morgan fingerprint density at radius 1 is 1.14 bits per heavy atom. The van der Waals surface area contributed by atoms with Gasteiger partial charge in [0, 0.05) is 10.7 Å². The Labute approximate surface area is 222 Å². The molecule has 0 atom stereocenters. The van der Waals surface area contributed by atoms with Gasteiger partial charge in [-0.05, 0) is 95.2 Å². The standard InChI is InChI=1S/C25H20BrClN2O6S/c1-3-34-23-14-16(12-17(15-28)25(30)29-19-6-8-20(33-2)9-7-19)13-22(26)24(23)35-36(31,32)21-10-4-18(27)5-11-21/h4-14H,3H2,1-2H3,(H,29,30)/b17-12+. The summed E-state index contributed by atoms with van der Waals surface area (Å²) in [6.07, 6.45) is 1.35. The van der Waals surface area contributed by atoms with Crippen LogP contribution in [0, 0.1) is 11.3 Å². The average molecular weight is 592 g/mol. The van der Waals surface area contributed by atoms with E-state index in [-0.39, 0.29) is 33.0 Å². The Morgan fingerprint density at radius 3 is 2.39 bits per heavy atom. The third-order valence-electron chi connectivity index (χ3n) is 4.65. The van der Waals surface area contributed by atoms with Crippen LogP contribution in [0.1, 0.15) is 12.5 Å². The number of halogens is 2. The van der Waals surface area contributed by atoms with Crippen molar-refractivity contribution in [2.45, 2.75) is 11.8 Å². The van der Waals surface area contributed by atoms with Crippen molar-refractivity contribution < 1.29 is 26.9 Å². The maximum Gasteiger partial charge on any atom is 0.339 e. The summed E-state index contributed by atoms with van der Waals surface area (Å²) in [5, 5.41) is 12.6. The number of hydrogen-bond acceptors (Lipinski definition) is 7. The third-order valence-corrected chi connectivity index (χ3v) is 6.73. The number of hydrogen-bond donors (Lipinski definition) is 1. The first-order valence-corrected chi connectivity index (χ1v) is 13.0. The van der Waals surface area contributed by atoms with Gasteiger partial charge in [-0.3, -0.25) is 4.79 Å². The molecule has 0 aliphatic heterocycles. The predicted octanol–water partition coefficient (Wildman–Crippen LogP) is 5.82. The first kappa shape index (κ1) is 27.1. The first-order chi connectivity index (χ1) is 17.2. The fourth-order valence-electron chi connectivity index (χ4n) is 2.96. The zero-order chi connectivity index (χ0) is 26.3. The van der Waals surface area contributed by atoms with Crippen LogP contribution in [-0.2, 0) is 14.9 Å². The summed E-state index contributed by atoms with van der Waals surface area (Å²) in [7, 11) is -2.67. The van der Waals surface area contributed by atoms with Crippen molar-refractivity contribution in [1.82, 2.24) is 0 Å². The smallest absolute Gasteiger partial charge is 0.339 e. The van der Waals surface area contributed by atoms with E-state index in [9.17, 15) is 18.5 Å². The Balaban J connectivity index is 1.91. The molecule has 0 saturated carbocycles. The molecule has 0 spiro atoms. The molecule has 8 nitrogen and oxygen atoms in total. The van der Waals surface area contributed by atoms with Gasteiger partial charge in [-0.1, -0.05) is 11.6 Å². The largest absolute Gasteiger partial charge is 0.497 e. The van der Waals surface area contributed by atoms with Gasteiger partial charge in [0.05, 0.1) is 18.2 Å². The van der Waals surface area contributed by atoms with Gasteiger partial charge in [0.25, 0.3) is 5.91 Å². The van der Waals surface area contributed by atoms with Gasteiger partial charge >= 0.3 is 10.1 Å². The molecule has 0 fully saturated rings. The van der Waals surface area contributed by atoms with Crippen molar-refractivity contribution >= 4 is 55.3 Å². The molecule has 0 bridgehead atoms. The molecule has 36 heavy (non-hydrogen) atoms. The fourth-order valence-corrected chi connectivity index (χ4v) is 4.69. The molecular formula is C25H20BrClN2O6S. The second-order valence-corrected chi connectivity index (χ2v) is 9.94. The summed E-state index contributed by atoms with van der Waals surface area (Å²) < 4.78 is 41.8. The maximum absolute atomic E-state index is 12.8. The lowest BCUT2D eigenvalue weighted by molar-refractivity contribution is -0.112. The van der Waals surface area contributed by atoms with Crippen molar-refractivity contribution in [3.8, 4) is 23.3 Å². The Morgan fingerprint density at radius 2 is 1.81 bits per heavy atom. The molecule has 0 aliphatic carbocycles. The highest BCUT2D eigenvalue weighted by Crippen LogP contribution is 2.39. The quantitative estimate of drug-likeness (QED) is 0.189. The van der Waals surface area contributed by atoms with Gasteiger partial charge in [0.15, 0.2) is 11.5 Å². The molecule has 0 aliphatic rings. The van der Waals surface area contributed by atoms with Gasteiger partial charge in [0.2, 0.25) is 0 Å². The first-order valence-electron chi connectivity index (χ1n) is 10.4. The van der Waals surface area contributed by atoms with Gasteiger partial charge < -0.3 is 19.0 Å². The number of nitrogens with zero attached hydrogens (tertiary/aromatic N) is 1. The van der Waals surface area contributed by atoms with Crippen molar-refractivity contribution in [3.63, 3.8) is 0 Å². The average Bonchev–Trinajstić information content (AvgIpc) is 2.85. The molecular weight excluding hydrogens is 572 g/mol. The zero-order valence-corrected chi connectivity index (χ0v) is 22.3. The predicted molar refractivity (Wildman–Crippen MR) is 140 cm³/mol. The topological polar surface area (TPSA) is 115 Å². The van der Waals surface area contributed by atoms with Crippen molar-refractivity contribution in [3.05, 3.63) is 81.3 Å². The number of amides is 1. The highest BCUT2D eigenvalue weighted by atomic mass is 79.9. The summed E-state index contributed by atoms with van der Waals surface area (Å²) in [4.78, 5) is 12.6. The van der Waals surface area contributed by atoms with Crippen molar-refractivity contribution in [2.75, 3.05) is 19.0 Å². The molecule has 3 aromatic rings. The number of carbonyl (C=O) groups is 1. The minimum absolute atomic E-state index is 0.0786. The van der Waals surface area contributed by atoms with E-state index in [4.69, 9.17) is 25.3 Å². The van der Waals surface area contributed by atoms with Gasteiger partial charge in [-0.25, -0.2) is 0 Å². The monoisotopic (exact) mass is 590 g/mol. The normalized spacial score (nSPS) is 11.4. The molecule has 1 amide bonds. The van der Waals surface area contributed by atoms with E-state index in [1.165, 1.54) is 49.6 Å². The lowest BCUT2D eigenvalue weighted by Gasteiger charge is -2.15. The molecule has 186 valence electrons. The van der Waals surface area contributed by atoms with Crippen LogP contribution < -0.4 is 19.0 Å².